The van der Waals surface area contributed by atoms with E-state index in [-0.39, 0.29) is 37.0 Å². The normalized spacial score (nSPS) is 13.5. The Morgan fingerprint density at radius 1 is 0.820 bits per heavy atom. The molecule has 256 valence electrons. The zero-order valence-electron chi connectivity index (χ0n) is 28.3. The Labute approximate surface area is 295 Å². The number of Topliss-reactive ketones (excluding diaryl/α,β-unsaturated/α-hetero) is 1. The van der Waals surface area contributed by atoms with Gasteiger partial charge in [0.05, 0.1) is 10.8 Å². The minimum absolute atomic E-state index is 0.0499. The molecule has 1 N–H and O–H groups in total. The van der Waals surface area contributed by atoms with Crippen LogP contribution in [-0.4, -0.2) is 50.7 Å². The summed E-state index contributed by atoms with van der Waals surface area (Å²) in [5.74, 6) is -2.25. The van der Waals surface area contributed by atoms with E-state index in [1.807, 2.05) is 54.6 Å². The number of nitrogens with zero attached hydrogens (tertiary/aromatic N) is 3. The van der Waals surface area contributed by atoms with Crippen molar-refractivity contribution in [1.82, 2.24) is 14.9 Å². The number of aliphatic carboxylic acids is 1. The number of carboxylic acids is 1. The SMILES string of the molecule is CCCc1ccc(-c2ccc(-c3cnc(-c4ccc(C[C@H](CC(=O)c5ccc(CCC)s5)C(=O)N5CC(C(=O)O)C5)cc4)nc3)c(F)c2)cc1. The van der Waals surface area contributed by atoms with Crippen LogP contribution in [0.3, 0.4) is 0 Å². The molecule has 1 fully saturated rings. The van der Waals surface area contributed by atoms with Gasteiger partial charge < -0.3 is 10.0 Å². The highest BCUT2D eigenvalue weighted by Gasteiger charge is 2.39. The predicted molar refractivity (Wildman–Crippen MR) is 194 cm³/mol. The monoisotopic (exact) mass is 689 g/mol. The molecule has 7 nitrogen and oxygen atoms in total. The fraction of sp³-hybridized carbons (Fsp3) is 0.293. The van der Waals surface area contributed by atoms with Crippen molar-refractivity contribution in [3.8, 4) is 33.6 Å². The number of carbonyl (C=O) groups excluding carboxylic acids is 2. The van der Waals surface area contributed by atoms with Crippen molar-refractivity contribution in [1.29, 1.82) is 0 Å². The van der Waals surface area contributed by atoms with E-state index in [4.69, 9.17) is 0 Å². The van der Waals surface area contributed by atoms with Crippen molar-refractivity contribution in [2.45, 2.75) is 52.4 Å². The molecular weight excluding hydrogens is 650 g/mol. The maximum atomic E-state index is 15.3. The first-order chi connectivity index (χ1) is 24.2. The van der Waals surface area contributed by atoms with Crippen LogP contribution in [-0.2, 0) is 28.9 Å². The van der Waals surface area contributed by atoms with Crippen LogP contribution < -0.4 is 0 Å². The van der Waals surface area contributed by atoms with Crippen molar-refractivity contribution in [2.75, 3.05) is 13.1 Å². The molecule has 50 heavy (non-hydrogen) atoms. The Morgan fingerprint density at radius 3 is 2.10 bits per heavy atom. The number of benzene rings is 3. The average molecular weight is 690 g/mol. The summed E-state index contributed by atoms with van der Waals surface area (Å²) in [6.07, 6.45) is 7.60. The van der Waals surface area contributed by atoms with Gasteiger partial charge >= 0.3 is 5.97 Å². The quantitative estimate of drug-likeness (QED) is 0.117. The minimum Gasteiger partial charge on any atom is -0.481 e. The van der Waals surface area contributed by atoms with Gasteiger partial charge in [-0.2, -0.15) is 0 Å². The summed E-state index contributed by atoms with van der Waals surface area (Å²) < 4.78 is 15.3. The van der Waals surface area contributed by atoms with Crippen LogP contribution in [0, 0.1) is 17.7 Å². The smallest absolute Gasteiger partial charge is 0.310 e. The maximum Gasteiger partial charge on any atom is 0.310 e. The number of hydrogen-bond acceptors (Lipinski definition) is 6. The second-order valence-electron chi connectivity index (χ2n) is 13.0. The van der Waals surface area contributed by atoms with Crippen LogP contribution in [0.2, 0.25) is 0 Å². The van der Waals surface area contributed by atoms with Gasteiger partial charge in [0.1, 0.15) is 5.82 Å². The number of hydrogen-bond donors (Lipinski definition) is 1. The lowest BCUT2D eigenvalue weighted by Gasteiger charge is -2.38. The molecule has 3 aromatic carbocycles. The molecule has 5 aromatic rings. The summed E-state index contributed by atoms with van der Waals surface area (Å²) in [5.41, 5.74) is 5.65. The summed E-state index contributed by atoms with van der Waals surface area (Å²) in [6, 6.07) is 24.8. The zero-order valence-corrected chi connectivity index (χ0v) is 29.1. The van der Waals surface area contributed by atoms with Gasteiger partial charge in [0.15, 0.2) is 11.6 Å². The highest BCUT2D eigenvalue weighted by molar-refractivity contribution is 7.14. The van der Waals surface area contributed by atoms with Gasteiger partial charge in [-0.15, -0.1) is 11.3 Å². The Balaban J connectivity index is 1.14. The van der Waals surface area contributed by atoms with Gasteiger partial charge in [0.25, 0.3) is 0 Å². The number of likely N-dealkylation sites (tertiary alicyclic amines) is 1. The Morgan fingerprint density at radius 2 is 1.46 bits per heavy atom. The highest BCUT2D eigenvalue weighted by Crippen LogP contribution is 2.30. The number of aryl methyl sites for hydroxylation is 2. The third-order valence-corrected chi connectivity index (χ3v) is 10.4. The number of rotatable bonds is 14. The lowest BCUT2D eigenvalue weighted by Crippen LogP contribution is -2.55. The molecule has 0 spiro atoms. The first kappa shape index (κ1) is 34.8. The number of amides is 1. The first-order valence-electron chi connectivity index (χ1n) is 17.2. The van der Waals surface area contributed by atoms with Crippen LogP contribution in [0.25, 0.3) is 33.6 Å². The van der Waals surface area contributed by atoms with Crippen LogP contribution in [0.4, 0.5) is 4.39 Å². The Hall–Kier alpha value is -5.02. The van der Waals surface area contributed by atoms with Gasteiger partial charge in [-0.05, 0) is 59.7 Å². The summed E-state index contributed by atoms with van der Waals surface area (Å²) in [6.45, 7) is 4.56. The molecule has 1 aliphatic heterocycles. The van der Waals surface area contributed by atoms with Gasteiger partial charge in [0.2, 0.25) is 5.91 Å². The van der Waals surface area contributed by atoms with E-state index in [1.54, 1.807) is 29.4 Å². The molecular formula is C41H40FN3O4S. The Bertz CT molecular complexity index is 1970. The van der Waals surface area contributed by atoms with E-state index in [2.05, 4.69) is 35.9 Å². The molecule has 9 heteroatoms. The number of halogens is 1. The number of ketones is 1. The molecule has 0 radical (unpaired) electrons. The third-order valence-electron chi connectivity index (χ3n) is 9.21. The summed E-state index contributed by atoms with van der Waals surface area (Å²) in [7, 11) is 0. The van der Waals surface area contributed by atoms with E-state index in [0.29, 0.717) is 28.2 Å². The number of aromatic nitrogens is 2. The van der Waals surface area contributed by atoms with Crippen LogP contribution >= 0.6 is 11.3 Å². The van der Waals surface area contributed by atoms with Gasteiger partial charge in [-0.1, -0.05) is 87.4 Å². The van der Waals surface area contributed by atoms with Gasteiger partial charge in [-0.25, -0.2) is 14.4 Å². The van der Waals surface area contributed by atoms with E-state index in [0.717, 1.165) is 52.8 Å². The van der Waals surface area contributed by atoms with Crippen molar-refractivity contribution in [3.63, 3.8) is 0 Å². The molecule has 0 unspecified atom stereocenters. The summed E-state index contributed by atoms with van der Waals surface area (Å²) in [4.78, 5) is 50.5. The fourth-order valence-electron chi connectivity index (χ4n) is 6.32. The zero-order chi connectivity index (χ0) is 35.2. The lowest BCUT2D eigenvalue weighted by molar-refractivity contribution is -0.154. The molecule has 0 saturated carbocycles. The fourth-order valence-corrected chi connectivity index (χ4v) is 7.38. The number of carboxylic acid groups (broad SMARTS) is 1. The second kappa shape index (κ2) is 15.7. The van der Waals surface area contributed by atoms with Crippen LogP contribution in [0.1, 0.15) is 58.8 Å². The van der Waals surface area contributed by atoms with Crippen molar-refractivity contribution >= 4 is 29.0 Å². The van der Waals surface area contributed by atoms with E-state index >= 15 is 4.39 Å². The molecule has 1 atom stereocenters. The number of thiophene rings is 1. The van der Waals surface area contributed by atoms with E-state index < -0.39 is 17.8 Å². The molecule has 2 aromatic heterocycles. The first-order valence-corrected chi connectivity index (χ1v) is 18.0. The standard InChI is InChI=1S/C41H40FN3O4S/c1-3-5-26-7-11-28(12-8-26)30-15-17-35(36(42)20-30)32-22-43-39(44-23-32)29-13-9-27(10-14-29)19-31(40(47)45-24-33(25-45)41(48)49)21-37(46)38-18-16-34(50-38)6-4-2/h7-18,20,22-23,31,33H,3-6,19,21,24-25H2,1-2H3,(H,48,49)/t31-/m1/s1. The third kappa shape index (κ3) is 8.05. The Kier molecular flexibility index (Phi) is 10.9. The predicted octanol–water partition coefficient (Wildman–Crippen LogP) is 8.56. The van der Waals surface area contributed by atoms with E-state index in [9.17, 15) is 19.5 Å². The van der Waals surface area contributed by atoms with Gasteiger partial charge in [0, 0.05) is 59.4 Å². The minimum atomic E-state index is -0.915. The van der Waals surface area contributed by atoms with Crippen molar-refractivity contribution in [3.05, 3.63) is 118 Å². The second-order valence-corrected chi connectivity index (χ2v) is 14.1. The van der Waals surface area contributed by atoms with Gasteiger partial charge in [-0.3, -0.25) is 14.4 Å². The molecule has 1 aliphatic rings. The van der Waals surface area contributed by atoms with Crippen LogP contribution in [0.5, 0.6) is 0 Å². The van der Waals surface area contributed by atoms with Crippen LogP contribution in [0.15, 0.2) is 91.3 Å². The number of carbonyl (C=O) groups is 3. The van der Waals surface area contributed by atoms with Crippen molar-refractivity contribution < 1.29 is 23.9 Å². The maximum absolute atomic E-state index is 15.3. The highest BCUT2D eigenvalue weighted by atomic mass is 32.1. The van der Waals surface area contributed by atoms with Crippen molar-refractivity contribution in [2.24, 2.45) is 11.8 Å². The molecule has 3 heterocycles. The largest absolute Gasteiger partial charge is 0.481 e. The van der Waals surface area contributed by atoms with E-state index in [1.165, 1.54) is 16.9 Å². The molecule has 0 bridgehead atoms. The molecule has 1 amide bonds. The average Bonchev–Trinajstić information content (AvgIpc) is 3.57. The molecule has 1 saturated heterocycles. The summed E-state index contributed by atoms with van der Waals surface area (Å²) >= 11 is 1.47. The molecule has 0 aliphatic carbocycles. The topological polar surface area (TPSA) is 100 Å². The lowest BCUT2D eigenvalue weighted by atomic mass is 9.89. The summed E-state index contributed by atoms with van der Waals surface area (Å²) in [5, 5.41) is 9.30. The molecule has 6 rings (SSSR count).